The van der Waals surface area contributed by atoms with Crippen LogP contribution in [0.2, 0.25) is 0 Å². The fourth-order valence-corrected chi connectivity index (χ4v) is 2.14. The Balaban J connectivity index is 2.02. The molecule has 2 heterocycles. The van der Waals surface area contributed by atoms with Gasteiger partial charge in [-0.25, -0.2) is 14.8 Å². The Kier molecular flexibility index (Phi) is 2.44. The van der Waals surface area contributed by atoms with E-state index in [0.717, 1.165) is 18.7 Å². The fourth-order valence-electron chi connectivity index (χ4n) is 2.14. The van der Waals surface area contributed by atoms with E-state index in [9.17, 15) is 4.79 Å². The molecule has 3 rings (SSSR count). The van der Waals surface area contributed by atoms with Crippen molar-refractivity contribution in [3.63, 3.8) is 0 Å². The van der Waals surface area contributed by atoms with Gasteiger partial charge in [0.2, 0.25) is 5.95 Å². The van der Waals surface area contributed by atoms with Crippen LogP contribution in [-0.2, 0) is 6.42 Å². The number of rotatable bonds is 2. The number of aromatic carboxylic acids is 1. The van der Waals surface area contributed by atoms with Gasteiger partial charge >= 0.3 is 5.97 Å². The second kappa shape index (κ2) is 4.10. The highest BCUT2D eigenvalue weighted by atomic mass is 16.4. The van der Waals surface area contributed by atoms with Crippen molar-refractivity contribution in [2.75, 3.05) is 11.4 Å². The van der Waals surface area contributed by atoms with Crippen molar-refractivity contribution in [3.8, 4) is 0 Å². The average Bonchev–Trinajstić information content (AvgIpc) is 2.82. The molecule has 0 atom stereocenters. The maximum Gasteiger partial charge on any atom is 0.354 e. The number of para-hydroxylation sites is 1. The summed E-state index contributed by atoms with van der Waals surface area (Å²) in [6.45, 7) is 0.780. The summed E-state index contributed by atoms with van der Waals surface area (Å²) in [4.78, 5) is 21.1. The smallest absolute Gasteiger partial charge is 0.354 e. The summed E-state index contributed by atoms with van der Waals surface area (Å²) < 4.78 is 0. The van der Waals surface area contributed by atoms with Crippen LogP contribution in [0, 0.1) is 0 Å². The molecule has 0 radical (unpaired) electrons. The van der Waals surface area contributed by atoms with Crippen molar-refractivity contribution in [2.24, 2.45) is 0 Å². The van der Waals surface area contributed by atoms with Crippen LogP contribution in [0.15, 0.2) is 36.5 Å². The van der Waals surface area contributed by atoms with Crippen LogP contribution in [0.5, 0.6) is 0 Å². The fraction of sp³-hybridized carbons (Fsp3) is 0.154. The number of hydrogen-bond acceptors (Lipinski definition) is 4. The average molecular weight is 241 g/mol. The van der Waals surface area contributed by atoms with Gasteiger partial charge in [-0.1, -0.05) is 18.2 Å². The molecule has 1 N–H and O–H groups in total. The molecule has 5 heteroatoms. The number of benzene rings is 1. The van der Waals surface area contributed by atoms with E-state index in [1.165, 1.54) is 17.8 Å². The van der Waals surface area contributed by atoms with E-state index in [1.54, 1.807) is 0 Å². The molecule has 18 heavy (non-hydrogen) atoms. The molecule has 1 aliphatic rings. The molecule has 1 aromatic carbocycles. The predicted molar refractivity (Wildman–Crippen MR) is 66.1 cm³/mol. The second-order valence-electron chi connectivity index (χ2n) is 4.08. The highest BCUT2D eigenvalue weighted by Gasteiger charge is 2.22. The molecule has 0 saturated carbocycles. The molecule has 90 valence electrons. The first-order chi connectivity index (χ1) is 8.75. The quantitative estimate of drug-likeness (QED) is 0.869. The molecule has 0 saturated heterocycles. The molecule has 0 amide bonds. The Hall–Kier alpha value is -2.43. The summed E-state index contributed by atoms with van der Waals surface area (Å²) in [5.74, 6) is -0.592. The lowest BCUT2D eigenvalue weighted by atomic mass is 10.2. The van der Waals surface area contributed by atoms with Gasteiger partial charge in [-0.15, -0.1) is 0 Å². The monoisotopic (exact) mass is 241 g/mol. The van der Waals surface area contributed by atoms with Crippen molar-refractivity contribution in [1.29, 1.82) is 0 Å². The van der Waals surface area contributed by atoms with Crippen LogP contribution in [0.3, 0.4) is 0 Å². The molecule has 1 aliphatic heterocycles. The van der Waals surface area contributed by atoms with E-state index in [4.69, 9.17) is 5.11 Å². The predicted octanol–water partition coefficient (Wildman–Crippen LogP) is 1.87. The zero-order chi connectivity index (χ0) is 12.5. The van der Waals surface area contributed by atoms with Gasteiger partial charge in [0, 0.05) is 18.4 Å². The maximum absolute atomic E-state index is 10.9. The SMILES string of the molecule is O=C(O)c1ccnc(N2CCc3ccccc32)n1. The van der Waals surface area contributed by atoms with E-state index >= 15 is 0 Å². The number of anilines is 2. The third kappa shape index (κ3) is 1.69. The van der Waals surface area contributed by atoms with Gasteiger partial charge in [0.15, 0.2) is 5.69 Å². The van der Waals surface area contributed by atoms with E-state index in [2.05, 4.69) is 16.0 Å². The van der Waals surface area contributed by atoms with Crippen LogP contribution in [0.25, 0.3) is 0 Å². The third-order valence-corrected chi connectivity index (χ3v) is 2.99. The molecule has 1 aromatic heterocycles. The minimum absolute atomic E-state index is 0.0179. The summed E-state index contributed by atoms with van der Waals surface area (Å²) in [6, 6.07) is 9.42. The number of nitrogens with zero attached hydrogens (tertiary/aromatic N) is 3. The number of fused-ring (bicyclic) bond motifs is 1. The molecule has 5 nitrogen and oxygen atoms in total. The van der Waals surface area contributed by atoms with Gasteiger partial charge in [0.25, 0.3) is 0 Å². The van der Waals surface area contributed by atoms with Gasteiger partial charge in [0.05, 0.1) is 0 Å². The molecule has 0 fully saturated rings. The second-order valence-corrected chi connectivity index (χ2v) is 4.08. The summed E-state index contributed by atoms with van der Waals surface area (Å²) in [5.41, 5.74) is 2.31. The lowest BCUT2D eigenvalue weighted by Gasteiger charge is -2.16. The van der Waals surface area contributed by atoms with Gasteiger partial charge < -0.3 is 10.0 Å². The van der Waals surface area contributed by atoms with Gasteiger partial charge in [-0.05, 0) is 24.1 Å². The van der Waals surface area contributed by atoms with Crippen molar-refractivity contribution < 1.29 is 9.90 Å². The van der Waals surface area contributed by atoms with Gasteiger partial charge in [0.1, 0.15) is 0 Å². The highest BCUT2D eigenvalue weighted by Crippen LogP contribution is 2.31. The Labute approximate surface area is 104 Å². The zero-order valence-electron chi connectivity index (χ0n) is 9.58. The van der Waals surface area contributed by atoms with E-state index in [1.807, 2.05) is 23.1 Å². The lowest BCUT2D eigenvalue weighted by Crippen LogP contribution is -2.17. The lowest BCUT2D eigenvalue weighted by molar-refractivity contribution is 0.0690. The Morgan fingerprint density at radius 3 is 2.94 bits per heavy atom. The maximum atomic E-state index is 10.9. The van der Waals surface area contributed by atoms with Crippen molar-refractivity contribution in [1.82, 2.24) is 9.97 Å². The number of carbonyl (C=O) groups is 1. The summed E-state index contributed by atoms with van der Waals surface area (Å²) in [6.07, 6.45) is 2.41. The van der Waals surface area contributed by atoms with Crippen molar-refractivity contribution >= 4 is 17.6 Å². The van der Waals surface area contributed by atoms with Crippen LogP contribution >= 0.6 is 0 Å². The standard InChI is InChI=1S/C13H11N3O2/c17-12(18)10-5-7-14-13(15-10)16-8-6-9-3-1-2-4-11(9)16/h1-5,7H,6,8H2,(H,17,18). The molecular formula is C13H11N3O2. The molecule has 0 bridgehead atoms. The molecule has 0 spiro atoms. The molecule has 0 unspecified atom stereocenters. The first-order valence-corrected chi connectivity index (χ1v) is 5.67. The number of hydrogen-bond donors (Lipinski definition) is 1. The van der Waals surface area contributed by atoms with E-state index in [0.29, 0.717) is 5.95 Å². The van der Waals surface area contributed by atoms with Crippen molar-refractivity contribution in [2.45, 2.75) is 6.42 Å². The van der Waals surface area contributed by atoms with Crippen LogP contribution in [-0.4, -0.2) is 27.6 Å². The number of aromatic nitrogens is 2. The van der Waals surface area contributed by atoms with Crippen LogP contribution < -0.4 is 4.90 Å². The molecular weight excluding hydrogens is 230 g/mol. The minimum Gasteiger partial charge on any atom is -0.477 e. The Morgan fingerprint density at radius 2 is 2.11 bits per heavy atom. The molecule has 2 aromatic rings. The first-order valence-electron chi connectivity index (χ1n) is 5.67. The highest BCUT2D eigenvalue weighted by molar-refractivity contribution is 5.85. The van der Waals surface area contributed by atoms with Crippen molar-refractivity contribution in [3.05, 3.63) is 47.8 Å². The van der Waals surface area contributed by atoms with Gasteiger partial charge in [-0.2, -0.15) is 0 Å². The number of carboxylic acids is 1. The largest absolute Gasteiger partial charge is 0.477 e. The van der Waals surface area contributed by atoms with E-state index < -0.39 is 5.97 Å². The third-order valence-electron chi connectivity index (χ3n) is 2.99. The topological polar surface area (TPSA) is 66.3 Å². The summed E-state index contributed by atoms with van der Waals surface area (Å²) >= 11 is 0. The van der Waals surface area contributed by atoms with Crippen LogP contribution in [0.1, 0.15) is 16.1 Å². The zero-order valence-corrected chi connectivity index (χ0v) is 9.58. The molecule has 0 aliphatic carbocycles. The van der Waals surface area contributed by atoms with Crippen LogP contribution in [0.4, 0.5) is 11.6 Å². The van der Waals surface area contributed by atoms with Gasteiger partial charge in [-0.3, -0.25) is 0 Å². The summed E-state index contributed by atoms with van der Waals surface area (Å²) in [5, 5.41) is 8.94. The van der Waals surface area contributed by atoms with E-state index in [-0.39, 0.29) is 5.69 Å². The Morgan fingerprint density at radius 1 is 1.28 bits per heavy atom. The summed E-state index contributed by atoms with van der Waals surface area (Å²) in [7, 11) is 0. The first kappa shape index (κ1) is 10.7. The normalized spacial score (nSPS) is 13.4. The Bertz CT molecular complexity index is 613. The number of carboxylic acid groups (broad SMARTS) is 1. The minimum atomic E-state index is -1.04.